The Bertz CT molecular complexity index is 957. The fourth-order valence-corrected chi connectivity index (χ4v) is 3.78. The maximum atomic E-state index is 12.5. The van der Waals surface area contributed by atoms with Gasteiger partial charge in [0.1, 0.15) is 0 Å². The number of nitrogens with zero attached hydrogens (tertiary/aromatic N) is 1. The number of nitrogens with one attached hydrogen (secondary N) is 2. The summed E-state index contributed by atoms with van der Waals surface area (Å²) in [5.74, 6) is 0. The van der Waals surface area contributed by atoms with Crippen molar-refractivity contribution in [1.82, 2.24) is 15.2 Å². The minimum atomic E-state index is -0.0184. The van der Waals surface area contributed by atoms with Crippen molar-refractivity contribution in [2.45, 2.75) is 12.6 Å². The third-order valence-corrected chi connectivity index (χ3v) is 5.17. The first-order valence-corrected chi connectivity index (χ1v) is 8.90. The summed E-state index contributed by atoms with van der Waals surface area (Å²) < 4.78 is 0. The van der Waals surface area contributed by atoms with E-state index in [0.717, 1.165) is 46.7 Å². The Labute approximate surface area is 163 Å². The van der Waals surface area contributed by atoms with Crippen molar-refractivity contribution in [3.8, 4) is 0 Å². The molecule has 0 amide bonds. The molecule has 26 heavy (non-hydrogen) atoms. The second-order valence-electron chi connectivity index (χ2n) is 6.42. The Kier molecular flexibility index (Phi) is 5.99. The van der Waals surface area contributed by atoms with Crippen LogP contribution in [-0.4, -0.2) is 29.5 Å². The van der Waals surface area contributed by atoms with Crippen molar-refractivity contribution in [2.75, 3.05) is 19.6 Å². The van der Waals surface area contributed by atoms with Crippen LogP contribution >= 0.6 is 24.0 Å². The smallest absolute Gasteiger partial charge is 0.252 e. The van der Waals surface area contributed by atoms with E-state index in [4.69, 9.17) is 11.6 Å². The average Bonchev–Trinajstić information content (AvgIpc) is 2.63. The Hall–Kier alpha value is -1.85. The molecular weight excluding hydrogens is 369 g/mol. The van der Waals surface area contributed by atoms with Gasteiger partial charge >= 0.3 is 0 Å². The number of hydrogen-bond acceptors (Lipinski definition) is 3. The van der Waals surface area contributed by atoms with Crippen LogP contribution in [0.4, 0.5) is 0 Å². The summed E-state index contributed by atoms with van der Waals surface area (Å²) in [7, 11) is 0. The van der Waals surface area contributed by atoms with Gasteiger partial charge in [-0.2, -0.15) is 0 Å². The summed E-state index contributed by atoms with van der Waals surface area (Å²) in [5, 5.41) is 5.26. The van der Waals surface area contributed by atoms with Gasteiger partial charge in [-0.3, -0.25) is 9.69 Å². The van der Waals surface area contributed by atoms with E-state index in [-0.39, 0.29) is 24.0 Å². The quantitative estimate of drug-likeness (QED) is 0.716. The lowest BCUT2D eigenvalue weighted by atomic mass is 10.0. The summed E-state index contributed by atoms with van der Waals surface area (Å²) >= 11 is 6.41. The fraction of sp³-hybridized carbons (Fsp3) is 0.250. The lowest BCUT2D eigenvalue weighted by Gasteiger charge is -2.36. The third-order valence-electron chi connectivity index (χ3n) is 4.82. The lowest BCUT2D eigenvalue weighted by molar-refractivity contribution is 0.153. The van der Waals surface area contributed by atoms with E-state index in [1.54, 1.807) is 0 Å². The number of para-hydroxylation sites is 1. The summed E-state index contributed by atoms with van der Waals surface area (Å²) in [6, 6.07) is 18.0. The topological polar surface area (TPSA) is 48.1 Å². The molecule has 2 heterocycles. The van der Waals surface area contributed by atoms with Gasteiger partial charge < -0.3 is 10.3 Å². The molecule has 1 aliphatic heterocycles. The van der Waals surface area contributed by atoms with Gasteiger partial charge in [-0.05, 0) is 29.1 Å². The van der Waals surface area contributed by atoms with Gasteiger partial charge in [0.25, 0.3) is 5.56 Å². The van der Waals surface area contributed by atoms with Crippen LogP contribution in [0.25, 0.3) is 10.9 Å². The molecular formula is C20H21Cl2N3O. The number of piperazine rings is 1. The summed E-state index contributed by atoms with van der Waals surface area (Å²) in [6.07, 6.45) is 0. The fourth-order valence-electron chi connectivity index (χ4n) is 3.52. The predicted octanol–water partition coefficient (Wildman–Crippen LogP) is 3.75. The summed E-state index contributed by atoms with van der Waals surface area (Å²) in [6.45, 7) is 3.22. The molecule has 3 aromatic rings. The van der Waals surface area contributed by atoms with Crippen LogP contribution in [0.2, 0.25) is 5.02 Å². The molecule has 1 aromatic heterocycles. The number of H-pyrrole nitrogens is 1. The maximum Gasteiger partial charge on any atom is 0.252 e. The molecule has 0 aliphatic carbocycles. The Morgan fingerprint density at radius 3 is 2.73 bits per heavy atom. The van der Waals surface area contributed by atoms with Gasteiger partial charge in [-0.1, -0.05) is 48.0 Å². The molecule has 4 rings (SSSR count). The summed E-state index contributed by atoms with van der Waals surface area (Å²) in [4.78, 5) is 17.8. The third kappa shape index (κ3) is 3.79. The molecule has 1 fully saturated rings. The highest BCUT2D eigenvalue weighted by molar-refractivity contribution is 6.31. The second-order valence-corrected chi connectivity index (χ2v) is 6.83. The number of hydrogen-bond donors (Lipinski definition) is 2. The van der Waals surface area contributed by atoms with Gasteiger partial charge in [0, 0.05) is 48.3 Å². The number of aromatic amines is 1. The molecule has 6 heteroatoms. The Balaban J connectivity index is 0.00000196. The first kappa shape index (κ1) is 18.9. The van der Waals surface area contributed by atoms with Crippen LogP contribution in [0.5, 0.6) is 0 Å². The molecule has 4 nitrogen and oxygen atoms in total. The van der Waals surface area contributed by atoms with Crippen molar-refractivity contribution >= 4 is 34.9 Å². The minimum Gasteiger partial charge on any atom is -0.322 e. The van der Waals surface area contributed by atoms with Gasteiger partial charge in [-0.15, -0.1) is 12.4 Å². The van der Waals surface area contributed by atoms with E-state index >= 15 is 0 Å². The van der Waals surface area contributed by atoms with Crippen LogP contribution in [0.15, 0.2) is 59.4 Å². The normalized spacial score (nSPS) is 17.8. The SMILES string of the molecule is Cl.O=c1[nH]c2ccccc2cc1CN1CCNCC1c1ccccc1Cl. The highest BCUT2D eigenvalue weighted by Gasteiger charge is 2.26. The molecule has 1 atom stereocenters. The standard InChI is InChI=1S/C20H20ClN3O.ClH/c21-17-7-3-2-6-16(17)19-12-22-9-10-24(19)13-15-11-14-5-1-4-8-18(14)23-20(15)25;/h1-8,11,19,22H,9-10,12-13H2,(H,23,25);1H. The van der Waals surface area contributed by atoms with Crippen LogP contribution < -0.4 is 10.9 Å². The van der Waals surface area contributed by atoms with Crippen LogP contribution in [0.1, 0.15) is 17.2 Å². The molecule has 1 unspecified atom stereocenters. The summed E-state index contributed by atoms with van der Waals surface area (Å²) in [5.41, 5.74) is 2.75. The zero-order chi connectivity index (χ0) is 17.2. The zero-order valence-corrected chi connectivity index (χ0v) is 15.8. The van der Waals surface area contributed by atoms with Crippen molar-refractivity contribution in [2.24, 2.45) is 0 Å². The Morgan fingerprint density at radius 2 is 1.88 bits per heavy atom. The highest BCUT2D eigenvalue weighted by atomic mass is 35.5. The van der Waals surface area contributed by atoms with Crippen LogP contribution in [-0.2, 0) is 6.54 Å². The van der Waals surface area contributed by atoms with Gasteiger partial charge in [0.15, 0.2) is 0 Å². The molecule has 0 radical (unpaired) electrons. The predicted molar refractivity (Wildman–Crippen MR) is 109 cm³/mol. The van der Waals surface area contributed by atoms with E-state index in [9.17, 15) is 4.79 Å². The Morgan fingerprint density at radius 1 is 1.12 bits per heavy atom. The molecule has 136 valence electrons. The van der Waals surface area contributed by atoms with Gasteiger partial charge in [0.05, 0.1) is 0 Å². The minimum absolute atomic E-state index is 0. The molecule has 0 saturated carbocycles. The monoisotopic (exact) mass is 389 g/mol. The average molecular weight is 390 g/mol. The van der Waals surface area contributed by atoms with Crippen molar-refractivity contribution in [3.63, 3.8) is 0 Å². The van der Waals surface area contributed by atoms with Gasteiger partial charge in [0.2, 0.25) is 0 Å². The lowest BCUT2D eigenvalue weighted by Crippen LogP contribution is -2.46. The molecule has 1 aliphatic rings. The number of rotatable bonds is 3. The number of pyridine rings is 1. The molecule has 2 N–H and O–H groups in total. The molecule has 0 bridgehead atoms. The first-order valence-electron chi connectivity index (χ1n) is 8.52. The van der Waals surface area contributed by atoms with Crippen LogP contribution in [0.3, 0.4) is 0 Å². The van der Waals surface area contributed by atoms with E-state index in [0.29, 0.717) is 6.54 Å². The van der Waals surface area contributed by atoms with Crippen molar-refractivity contribution in [3.05, 3.63) is 81.1 Å². The van der Waals surface area contributed by atoms with Gasteiger partial charge in [-0.25, -0.2) is 0 Å². The number of halogens is 2. The van der Waals surface area contributed by atoms with Crippen LogP contribution in [0, 0.1) is 0 Å². The first-order chi connectivity index (χ1) is 12.2. The number of aromatic nitrogens is 1. The van der Waals surface area contributed by atoms with E-state index in [1.165, 1.54) is 0 Å². The largest absolute Gasteiger partial charge is 0.322 e. The number of benzene rings is 2. The van der Waals surface area contributed by atoms with E-state index < -0.39 is 0 Å². The second kappa shape index (κ2) is 8.23. The molecule has 0 spiro atoms. The highest BCUT2D eigenvalue weighted by Crippen LogP contribution is 2.29. The molecule has 1 saturated heterocycles. The maximum absolute atomic E-state index is 12.5. The van der Waals surface area contributed by atoms with Crippen molar-refractivity contribution < 1.29 is 0 Å². The number of fused-ring (bicyclic) bond motifs is 1. The van der Waals surface area contributed by atoms with E-state index in [2.05, 4.69) is 21.3 Å². The van der Waals surface area contributed by atoms with E-state index in [1.807, 2.05) is 48.5 Å². The van der Waals surface area contributed by atoms with Crippen molar-refractivity contribution in [1.29, 1.82) is 0 Å². The molecule has 2 aromatic carbocycles. The zero-order valence-electron chi connectivity index (χ0n) is 14.2.